The largest absolute Gasteiger partial charge is 0.365 e. The van der Waals surface area contributed by atoms with Crippen LogP contribution in [0.4, 0.5) is 11.5 Å². The van der Waals surface area contributed by atoms with Gasteiger partial charge in [0.2, 0.25) is 5.91 Å². The zero-order chi connectivity index (χ0) is 16.1. The molecule has 2 heterocycles. The van der Waals surface area contributed by atoms with E-state index in [0.29, 0.717) is 18.9 Å². The molecule has 2 unspecified atom stereocenters. The van der Waals surface area contributed by atoms with Gasteiger partial charge in [-0.1, -0.05) is 6.92 Å². The molecule has 2 atom stereocenters. The lowest BCUT2D eigenvalue weighted by atomic mass is 10.1. The van der Waals surface area contributed by atoms with Crippen molar-refractivity contribution in [2.45, 2.75) is 19.4 Å². The molecule has 0 aromatic carbocycles. The van der Waals surface area contributed by atoms with E-state index in [-0.39, 0.29) is 23.6 Å². The highest BCUT2D eigenvalue weighted by atomic mass is 16.6. The number of hydrogen-bond donors (Lipinski definition) is 2. The standard InChI is InChI=1S/C14H21N5O3/c1-10(7-15-2)14(20)18-6-5-11(9-18)17-13-4-3-12(8-16-13)19(21)22/h3-4,8,10-11,15H,5-7,9H2,1-2H3,(H,16,17). The Labute approximate surface area is 129 Å². The number of likely N-dealkylation sites (tertiary alicyclic amines) is 1. The molecule has 1 saturated heterocycles. The van der Waals surface area contributed by atoms with Gasteiger partial charge in [-0.15, -0.1) is 0 Å². The molecule has 1 aromatic rings. The molecule has 8 heteroatoms. The summed E-state index contributed by atoms with van der Waals surface area (Å²) >= 11 is 0. The third-order valence-corrected chi connectivity index (χ3v) is 3.74. The number of hydrogen-bond acceptors (Lipinski definition) is 6. The molecule has 0 radical (unpaired) electrons. The predicted molar refractivity (Wildman–Crippen MR) is 82.6 cm³/mol. The van der Waals surface area contributed by atoms with Gasteiger partial charge in [0.1, 0.15) is 12.0 Å². The maximum absolute atomic E-state index is 12.2. The average molecular weight is 307 g/mol. The van der Waals surface area contributed by atoms with Crippen molar-refractivity contribution in [2.24, 2.45) is 5.92 Å². The maximum atomic E-state index is 12.2. The van der Waals surface area contributed by atoms with Crippen LogP contribution in [0.1, 0.15) is 13.3 Å². The van der Waals surface area contributed by atoms with Crippen molar-refractivity contribution in [3.63, 3.8) is 0 Å². The van der Waals surface area contributed by atoms with Crippen molar-refractivity contribution in [3.8, 4) is 0 Å². The Morgan fingerprint density at radius 2 is 2.36 bits per heavy atom. The zero-order valence-electron chi connectivity index (χ0n) is 12.8. The topological polar surface area (TPSA) is 100 Å². The number of nitro groups is 1. The number of aromatic nitrogens is 1. The lowest BCUT2D eigenvalue weighted by Crippen LogP contribution is -2.38. The Kier molecular flexibility index (Phi) is 5.26. The molecule has 1 aromatic heterocycles. The third-order valence-electron chi connectivity index (χ3n) is 3.74. The summed E-state index contributed by atoms with van der Waals surface area (Å²) in [5.74, 6) is 0.699. The summed E-state index contributed by atoms with van der Waals surface area (Å²) in [6.45, 7) is 3.93. The van der Waals surface area contributed by atoms with E-state index >= 15 is 0 Å². The van der Waals surface area contributed by atoms with Gasteiger partial charge in [-0.05, 0) is 19.5 Å². The van der Waals surface area contributed by atoms with E-state index in [1.54, 1.807) is 6.07 Å². The number of pyridine rings is 1. The number of rotatable bonds is 6. The average Bonchev–Trinajstić information content (AvgIpc) is 2.95. The molecular weight excluding hydrogens is 286 g/mol. The monoisotopic (exact) mass is 307 g/mol. The fraction of sp³-hybridized carbons (Fsp3) is 0.571. The fourth-order valence-corrected chi connectivity index (χ4v) is 2.57. The minimum absolute atomic E-state index is 0.0327. The van der Waals surface area contributed by atoms with Crippen LogP contribution >= 0.6 is 0 Å². The highest BCUT2D eigenvalue weighted by Crippen LogP contribution is 2.18. The Balaban J connectivity index is 1.88. The van der Waals surface area contributed by atoms with Crippen LogP contribution in [0.5, 0.6) is 0 Å². The van der Waals surface area contributed by atoms with E-state index in [0.717, 1.165) is 13.0 Å². The molecule has 120 valence electrons. The van der Waals surface area contributed by atoms with E-state index < -0.39 is 4.92 Å². The minimum atomic E-state index is -0.476. The van der Waals surface area contributed by atoms with Gasteiger partial charge in [-0.2, -0.15) is 0 Å². The number of carbonyl (C=O) groups excluding carboxylic acids is 1. The summed E-state index contributed by atoms with van der Waals surface area (Å²) in [5, 5.41) is 16.8. The smallest absolute Gasteiger partial charge is 0.287 e. The summed E-state index contributed by atoms with van der Waals surface area (Å²) in [4.78, 5) is 28.2. The molecule has 1 aliphatic heterocycles. The molecular formula is C14H21N5O3. The van der Waals surface area contributed by atoms with Crippen molar-refractivity contribution >= 4 is 17.4 Å². The summed E-state index contributed by atoms with van der Waals surface area (Å²) in [6, 6.07) is 3.13. The van der Waals surface area contributed by atoms with Gasteiger partial charge in [0.25, 0.3) is 5.69 Å². The van der Waals surface area contributed by atoms with E-state index in [1.807, 2.05) is 18.9 Å². The van der Waals surface area contributed by atoms with Crippen molar-refractivity contribution in [2.75, 3.05) is 32.0 Å². The van der Waals surface area contributed by atoms with Gasteiger partial charge < -0.3 is 15.5 Å². The van der Waals surface area contributed by atoms with Gasteiger partial charge in [-0.3, -0.25) is 14.9 Å². The van der Waals surface area contributed by atoms with Crippen LogP contribution in [0.2, 0.25) is 0 Å². The van der Waals surface area contributed by atoms with Gasteiger partial charge >= 0.3 is 0 Å². The molecule has 1 amide bonds. The zero-order valence-corrected chi connectivity index (χ0v) is 12.8. The number of nitrogens with one attached hydrogen (secondary N) is 2. The second kappa shape index (κ2) is 7.17. The second-order valence-electron chi connectivity index (χ2n) is 5.53. The quantitative estimate of drug-likeness (QED) is 0.597. The molecule has 0 spiro atoms. The first-order valence-corrected chi connectivity index (χ1v) is 7.31. The minimum Gasteiger partial charge on any atom is -0.365 e. The van der Waals surface area contributed by atoms with Gasteiger partial charge in [-0.25, -0.2) is 4.98 Å². The molecule has 0 saturated carbocycles. The highest BCUT2D eigenvalue weighted by Gasteiger charge is 2.28. The normalized spacial score (nSPS) is 19.0. The molecule has 2 N–H and O–H groups in total. The first-order valence-electron chi connectivity index (χ1n) is 7.31. The highest BCUT2D eigenvalue weighted by molar-refractivity contribution is 5.79. The van der Waals surface area contributed by atoms with Crippen molar-refractivity contribution < 1.29 is 9.72 Å². The van der Waals surface area contributed by atoms with Crippen molar-refractivity contribution in [1.82, 2.24) is 15.2 Å². The Bertz CT molecular complexity index is 534. The lowest BCUT2D eigenvalue weighted by Gasteiger charge is -2.21. The van der Waals surface area contributed by atoms with Crippen LogP contribution in [0.3, 0.4) is 0 Å². The number of amides is 1. The van der Waals surface area contributed by atoms with Gasteiger partial charge in [0, 0.05) is 37.7 Å². The molecule has 2 rings (SSSR count). The van der Waals surface area contributed by atoms with Crippen LogP contribution in [0.25, 0.3) is 0 Å². The summed E-state index contributed by atoms with van der Waals surface area (Å²) in [5.41, 5.74) is -0.0327. The van der Waals surface area contributed by atoms with E-state index in [9.17, 15) is 14.9 Å². The molecule has 8 nitrogen and oxygen atoms in total. The predicted octanol–water partition coefficient (Wildman–Crippen LogP) is 0.858. The van der Waals surface area contributed by atoms with Crippen LogP contribution < -0.4 is 10.6 Å². The molecule has 1 fully saturated rings. The summed E-state index contributed by atoms with van der Waals surface area (Å²) in [7, 11) is 1.83. The van der Waals surface area contributed by atoms with Crippen LogP contribution in [-0.2, 0) is 4.79 Å². The molecule has 22 heavy (non-hydrogen) atoms. The van der Waals surface area contributed by atoms with Crippen molar-refractivity contribution in [1.29, 1.82) is 0 Å². The van der Waals surface area contributed by atoms with E-state index in [4.69, 9.17) is 0 Å². The lowest BCUT2D eigenvalue weighted by molar-refractivity contribution is -0.385. The van der Waals surface area contributed by atoms with Gasteiger partial charge in [0.05, 0.1) is 4.92 Å². The van der Waals surface area contributed by atoms with E-state index in [2.05, 4.69) is 15.6 Å². The Hall–Kier alpha value is -2.22. The van der Waals surface area contributed by atoms with Crippen LogP contribution in [0.15, 0.2) is 18.3 Å². The molecule has 0 bridgehead atoms. The summed E-state index contributed by atoms with van der Waals surface area (Å²) < 4.78 is 0. The molecule has 1 aliphatic rings. The first-order chi connectivity index (χ1) is 10.5. The van der Waals surface area contributed by atoms with Gasteiger partial charge in [0.15, 0.2) is 0 Å². The number of anilines is 1. The second-order valence-corrected chi connectivity index (χ2v) is 5.53. The van der Waals surface area contributed by atoms with E-state index in [1.165, 1.54) is 12.3 Å². The van der Waals surface area contributed by atoms with Crippen LogP contribution in [0, 0.1) is 16.0 Å². The fourth-order valence-electron chi connectivity index (χ4n) is 2.57. The molecule has 0 aliphatic carbocycles. The SMILES string of the molecule is CNCC(C)C(=O)N1CCC(Nc2ccc([N+](=O)[O-])cn2)C1. The number of carbonyl (C=O) groups is 1. The third kappa shape index (κ3) is 3.91. The number of nitrogens with zero attached hydrogens (tertiary/aromatic N) is 3. The summed E-state index contributed by atoms with van der Waals surface area (Å²) in [6.07, 6.45) is 2.08. The first kappa shape index (κ1) is 16.2. The maximum Gasteiger partial charge on any atom is 0.287 e. The van der Waals surface area contributed by atoms with Crippen LogP contribution in [-0.4, -0.2) is 53.4 Å². The Morgan fingerprint density at radius 1 is 1.59 bits per heavy atom. The van der Waals surface area contributed by atoms with Crippen molar-refractivity contribution in [3.05, 3.63) is 28.4 Å². The Morgan fingerprint density at radius 3 is 2.95 bits per heavy atom.